The first kappa shape index (κ1) is 22.4. The molecule has 0 aliphatic rings. The normalized spacial score (nSPS) is 11.8. The number of Topliss-reactive ketones (excluding diaryl/α,β-unsaturated/α-hetero) is 1. The van der Waals surface area contributed by atoms with Crippen LogP contribution < -0.4 is 0 Å². The number of aliphatic hydroxyl groups excluding tert-OH is 1. The van der Waals surface area contributed by atoms with Gasteiger partial charge in [0.05, 0.1) is 20.7 Å². The van der Waals surface area contributed by atoms with Crippen molar-refractivity contribution in [2.45, 2.75) is 20.0 Å². The van der Waals surface area contributed by atoms with Gasteiger partial charge in [-0.3, -0.25) is 4.79 Å². The van der Waals surface area contributed by atoms with Crippen LogP contribution in [0.15, 0.2) is 57.5 Å². The van der Waals surface area contributed by atoms with Crippen LogP contribution in [0.5, 0.6) is 0 Å². The standard InChI is InChI=1S/C11H9BrFNO.C11H7BrFNO/c2*1-6(15)9-5-3-7-2-4-8(12)10(13)11(7)14-9/h2-6,15H,1H3;2-5H,1H3/t6-;/m1./s1. The lowest BCUT2D eigenvalue weighted by Crippen LogP contribution is -1.97. The summed E-state index contributed by atoms with van der Waals surface area (Å²) >= 11 is 6.18. The summed E-state index contributed by atoms with van der Waals surface area (Å²) < 4.78 is 28.0. The summed E-state index contributed by atoms with van der Waals surface area (Å²) in [6.07, 6.45) is -0.687. The monoisotopic (exact) mass is 536 g/mol. The number of carbonyl (C=O) groups excluding carboxylic acids is 1. The second kappa shape index (κ2) is 9.24. The zero-order chi connectivity index (χ0) is 22.0. The van der Waals surface area contributed by atoms with Crippen molar-refractivity contribution in [3.63, 3.8) is 0 Å². The highest BCUT2D eigenvalue weighted by Crippen LogP contribution is 2.25. The average molecular weight is 538 g/mol. The molecule has 1 N–H and O–H groups in total. The summed E-state index contributed by atoms with van der Waals surface area (Å²) in [6.45, 7) is 3.01. The number of ketones is 1. The van der Waals surface area contributed by atoms with E-state index in [2.05, 4.69) is 41.8 Å². The zero-order valence-corrected chi connectivity index (χ0v) is 19.1. The van der Waals surface area contributed by atoms with Gasteiger partial charge in [-0.15, -0.1) is 0 Å². The molecule has 154 valence electrons. The van der Waals surface area contributed by atoms with Crippen molar-refractivity contribution in [3.05, 3.63) is 80.5 Å². The van der Waals surface area contributed by atoms with E-state index in [0.29, 0.717) is 20.0 Å². The third-order valence-corrected chi connectivity index (χ3v) is 5.54. The van der Waals surface area contributed by atoms with Crippen molar-refractivity contribution < 1.29 is 18.7 Å². The van der Waals surface area contributed by atoms with Crippen LogP contribution in [0, 0.1) is 11.6 Å². The molecule has 0 radical (unpaired) electrons. The number of halogens is 4. The Morgan fingerprint density at radius 2 is 1.33 bits per heavy atom. The van der Waals surface area contributed by atoms with Gasteiger partial charge in [0.25, 0.3) is 0 Å². The number of carbonyl (C=O) groups is 1. The Labute approximate surface area is 188 Å². The number of pyridine rings is 2. The van der Waals surface area contributed by atoms with E-state index in [0.717, 1.165) is 5.39 Å². The molecule has 2 aromatic carbocycles. The van der Waals surface area contributed by atoms with Gasteiger partial charge in [-0.1, -0.05) is 24.3 Å². The SMILES string of the molecule is CC(=O)c1ccc2ccc(Br)c(F)c2n1.C[C@@H](O)c1ccc2ccc(Br)c(F)c2n1. The van der Waals surface area contributed by atoms with Gasteiger partial charge in [-0.2, -0.15) is 0 Å². The summed E-state index contributed by atoms with van der Waals surface area (Å²) in [6, 6.07) is 13.5. The summed E-state index contributed by atoms with van der Waals surface area (Å²) in [5.74, 6) is -0.998. The molecule has 0 fully saturated rings. The minimum atomic E-state index is -0.687. The van der Waals surface area contributed by atoms with Crippen LogP contribution in [0.3, 0.4) is 0 Å². The number of aliphatic hydroxyl groups is 1. The fourth-order valence-electron chi connectivity index (χ4n) is 2.70. The maximum absolute atomic E-state index is 13.7. The van der Waals surface area contributed by atoms with Gasteiger partial charge < -0.3 is 5.11 Å². The van der Waals surface area contributed by atoms with Crippen LogP contribution in [0.2, 0.25) is 0 Å². The maximum Gasteiger partial charge on any atom is 0.178 e. The molecule has 4 aromatic rings. The molecule has 0 aliphatic heterocycles. The minimum Gasteiger partial charge on any atom is -0.387 e. The van der Waals surface area contributed by atoms with Gasteiger partial charge >= 0.3 is 0 Å². The van der Waals surface area contributed by atoms with E-state index in [1.807, 2.05) is 0 Å². The fraction of sp³-hybridized carbons (Fsp3) is 0.136. The molecule has 8 heteroatoms. The van der Waals surface area contributed by atoms with Crippen molar-refractivity contribution in [3.8, 4) is 0 Å². The van der Waals surface area contributed by atoms with Crippen molar-refractivity contribution in [2.24, 2.45) is 0 Å². The van der Waals surface area contributed by atoms with Crippen LogP contribution in [0.4, 0.5) is 8.78 Å². The molecule has 4 rings (SSSR count). The maximum atomic E-state index is 13.7. The largest absolute Gasteiger partial charge is 0.387 e. The number of fused-ring (bicyclic) bond motifs is 2. The molecular formula is C22H16Br2F2N2O2. The fourth-order valence-corrected chi connectivity index (χ4v) is 3.34. The second-order valence-electron chi connectivity index (χ2n) is 6.53. The molecule has 4 nitrogen and oxygen atoms in total. The molecular weight excluding hydrogens is 522 g/mol. The molecule has 0 aliphatic carbocycles. The first-order chi connectivity index (χ1) is 14.2. The van der Waals surface area contributed by atoms with Crippen LogP contribution in [-0.2, 0) is 0 Å². The number of hydrogen-bond acceptors (Lipinski definition) is 4. The predicted octanol–water partition coefficient (Wildman–Crippen LogP) is 6.53. The molecule has 2 aromatic heterocycles. The summed E-state index contributed by atoms with van der Waals surface area (Å²) in [5, 5.41) is 10.8. The highest BCUT2D eigenvalue weighted by atomic mass is 79.9. The van der Waals surface area contributed by atoms with Crippen molar-refractivity contribution in [2.75, 3.05) is 0 Å². The Morgan fingerprint density at radius 1 is 0.867 bits per heavy atom. The Balaban J connectivity index is 0.000000171. The Morgan fingerprint density at radius 3 is 1.83 bits per heavy atom. The Hall–Kier alpha value is -2.29. The van der Waals surface area contributed by atoms with Gasteiger partial charge in [0.1, 0.15) is 16.7 Å². The van der Waals surface area contributed by atoms with Crippen molar-refractivity contribution >= 4 is 59.4 Å². The van der Waals surface area contributed by atoms with Crippen LogP contribution in [0.25, 0.3) is 21.8 Å². The number of hydrogen-bond donors (Lipinski definition) is 1. The zero-order valence-electron chi connectivity index (χ0n) is 16.0. The third kappa shape index (κ3) is 4.71. The first-order valence-electron chi connectivity index (χ1n) is 8.87. The summed E-state index contributed by atoms with van der Waals surface area (Å²) in [5.41, 5.74) is 1.25. The van der Waals surface area contributed by atoms with Crippen LogP contribution >= 0.6 is 31.9 Å². The summed E-state index contributed by atoms with van der Waals surface area (Å²) in [4.78, 5) is 19.1. The second-order valence-corrected chi connectivity index (χ2v) is 8.24. The van der Waals surface area contributed by atoms with Gasteiger partial charge in [-0.05, 0) is 63.0 Å². The lowest BCUT2D eigenvalue weighted by Gasteiger charge is -2.06. The van der Waals surface area contributed by atoms with E-state index < -0.39 is 17.7 Å². The lowest BCUT2D eigenvalue weighted by atomic mass is 10.1. The van der Waals surface area contributed by atoms with Crippen molar-refractivity contribution in [1.82, 2.24) is 9.97 Å². The average Bonchev–Trinajstić information content (AvgIpc) is 2.73. The molecule has 0 bridgehead atoms. The van der Waals surface area contributed by atoms with E-state index in [-0.39, 0.29) is 22.5 Å². The molecule has 0 amide bonds. The van der Waals surface area contributed by atoms with Gasteiger partial charge in [-0.25, -0.2) is 18.7 Å². The van der Waals surface area contributed by atoms with Gasteiger partial charge in [0.2, 0.25) is 0 Å². The summed E-state index contributed by atoms with van der Waals surface area (Å²) in [7, 11) is 0. The highest BCUT2D eigenvalue weighted by Gasteiger charge is 2.10. The third-order valence-electron chi connectivity index (χ3n) is 4.32. The number of aromatic nitrogens is 2. The highest BCUT2D eigenvalue weighted by molar-refractivity contribution is 9.10. The van der Waals surface area contributed by atoms with Crippen molar-refractivity contribution in [1.29, 1.82) is 0 Å². The molecule has 0 saturated carbocycles. The molecule has 1 atom stereocenters. The number of benzene rings is 2. The number of rotatable bonds is 2. The van der Waals surface area contributed by atoms with Gasteiger partial charge in [0, 0.05) is 17.7 Å². The van der Waals surface area contributed by atoms with Crippen LogP contribution in [0.1, 0.15) is 36.1 Å². The molecule has 0 unspecified atom stereocenters. The minimum absolute atomic E-state index is 0.170. The van der Waals surface area contributed by atoms with E-state index in [4.69, 9.17) is 0 Å². The Bertz CT molecular complexity index is 1260. The van der Waals surface area contributed by atoms with E-state index in [1.54, 1.807) is 55.5 Å². The van der Waals surface area contributed by atoms with E-state index >= 15 is 0 Å². The number of nitrogens with zero attached hydrogens (tertiary/aromatic N) is 2. The van der Waals surface area contributed by atoms with Crippen LogP contribution in [-0.4, -0.2) is 20.9 Å². The molecule has 2 heterocycles. The molecule has 0 saturated heterocycles. The lowest BCUT2D eigenvalue weighted by molar-refractivity contribution is 0.101. The topological polar surface area (TPSA) is 63.1 Å². The molecule has 30 heavy (non-hydrogen) atoms. The van der Waals surface area contributed by atoms with Gasteiger partial charge in [0.15, 0.2) is 17.4 Å². The first-order valence-corrected chi connectivity index (χ1v) is 10.5. The molecule has 0 spiro atoms. The van der Waals surface area contributed by atoms with E-state index in [1.165, 1.54) is 6.92 Å². The quantitative estimate of drug-likeness (QED) is 0.295. The van der Waals surface area contributed by atoms with E-state index in [9.17, 15) is 18.7 Å². The predicted molar refractivity (Wildman–Crippen MR) is 119 cm³/mol. The smallest absolute Gasteiger partial charge is 0.178 e. The Kier molecular flexibility index (Phi) is 6.90.